The van der Waals surface area contributed by atoms with Gasteiger partial charge in [0, 0.05) is 119 Å². The zero-order chi connectivity index (χ0) is 101. The van der Waals surface area contributed by atoms with Crippen LogP contribution in [0.15, 0.2) is 26.4 Å². The van der Waals surface area contributed by atoms with E-state index in [1.54, 1.807) is 4.90 Å². The molecule has 4 rings (SSSR count). The second-order valence-electron chi connectivity index (χ2n) is 29.3. The van der Waals surface area contributed by atoms with Gasteiger partial charge in [0.15, 0.2) is 0 Å². The van der Waals surface area contributed by atoms with E-state index in [-0.39, 0.29) is 133 Å². The zero-order valence-electron chi connectivity index (χ0n) is 68.0. The van der Waals surface area contributed by atoms with Crippen molar-refractivity contribution in [1.82, 2.24) is 55.7 Å². The third kappa shape index (κ3) is 36.7. The van der Waals surface area contributed by atoms with E-state index in [9.17, 15) is 159 Å². The van der Waals surface area contributed by atoms with Crippen molar-refractivity contribution in [2.45, 2.75) is 184 Å². The number of halogens is 5. The topological polar surface area (TPSA) is 971 Å². The lowest BCUT2D eigenvalue weighted by Gasteiger charge is -2.41. The molecule has 0 aromatic rings. The first-order valence-electron chi connectivity index (χ1n) is 37.4. The summed E-state index contributed by atoms with van der Waals surface area (Å²) in [5, 5.41) is 55.2. The summed E-state index contributed by atoms with van der Waals surface area (Å²) in [6.07, 6.45) is 0.934. The molecule has 4 aliphatic rings. The van der Waals surface area contributed by atoms with E-state index in [0.29, 0.717) is 95.7 Å². The molecular weight excluding hydrogens is 2070 g/mol. The molecule has 10 amide bonds. The Morgan fingerprint density at radius 2 is 0.667 bits per heavy atom. The first-order valence-corrected chi connectivity index (χ1v) is 56.2. The van der Waals surface area contributed by atoms with Gasteiger partial charge in [-0.3, -0.25) is 50.6 Å². The summed E-state index contributed by atoms with van der Waals surface area (Å²) in [6, 6.07) is -4.47. The average molecular weight is 2180 g/mol. The van der Waals surface area contributed by atoms with E-state index in [1.807, 2.05) is 0 Å². The first-order chi connectivity index (χ1) is 58.7. The number of carbonyl (C=O) groups is 5. The first kappa shape index (κ1) is 126. The van der Waals surface area contributed by atoms with Crippen LogP contribution in [0.5, 0.6) is 0 Å². The SMILES string of the molecule is CN(CCCCC(O)(P(=O)(O)O)P(=O)(O)O)C(=O)N(CCCl)N=O.O=NN(CCCl)C(=O)N1CCN(CCC(O)(P(=O)(O)O)P(=O)(O)O)CC1.O=NN(CCCl)C(=O)NC1(CCC(O)(P(=O)(O)O)P(=O)(O)O)CCCC1.O=NN(CCCl)C(=O)NC1(CCC(O)(P(=O)(O)O)P(=O)(O)O)CCCCC1.O=NN(CCCl)C(=O)NC1CCCC1CCC(O)(P(=O)(O)O)P(=O)(O)O. The molecule has 1 heterocycles. The number of rotatable bonds is 45. The quantitative estimate of drug-likeness (QED) is 0.0137. The van der Waals surface area contributed by atoms with Crippen molar-refractivity contribution in [3.63, 3.8) is 0 Å². The Morgan fingerprint density at radius 1 is 0.372 bits per heavy atom. The number of nitrogens with zero attached hydrogens (tertiary/aromatic N) is 13. The number of piperazine rings is 1. The molecule has 4 fully saturated rings. The minimum Gasteiger partial charge on any atom is -0.368 e. The second-order valence-corrected chi connectivity index (χ2v) is 51.2. The molecule has 3 saturated carbocycles. The van der Waals surface area contributed by atoms with Crippen LogP contribution in [0.25, 0.3) is 0 Å². The summed E-state index contributed by atoms with van der Waals surface area (Å²) < 4.78 is 114. The molecule has 0 spiro atoms. The number of hydrogen-bond donors (Lipinski definition) is 28. The average Bonchev–Trinajstić information content (AvgIpc) is 1.03. The zero-order valence-corrected chi connectivity index (χ0v) is 80.8. The molecule has 28 N–H and O–H groups in total. The maximum atomic E-state index is 12.2. The van der Waals surface area contributed by atoms with Gasteiger partial charge in [-0.2, -0.15) is 25.0 Å². The van der Waals surface area contributed by atoms with Crippen molar-refractivity contribution in [1.29, 1.82) is 0 Å². The van der Waals surface area contributed by atoms with Gasteiger partial charge in [-0.1, -0.05) is 38.5 Å². The van der Waals surface area contributed by atoms with Crippen molar-refractivity contribution in [3.05, 3.63) is 24.5 Å². The summed E-state index contributed by atoms with van der Waals surface area (Å²) in [5.41, 5.74) is -2.20. The van der Waals surface area contributed by atoms with Crippen LogP contribution in [0.3, 0.4) is 0 Å². The summed E-state index contributed by atoms with van der Waals surface area (Å²) in [4.78, 5) is 300. The molecule has 2 unspecified atom stereocenters. The fraction of sp³-hybridized carbons (Fsp3) is 0.906. The highest BCUT2D eigenvalue weighted by molar-refractivity contribution is 7.74. The number of nitrogens with one attached hydrogen (secondary N) is 3. The van der Waals surface area contributed by atoms with Gasteiger partial charge in [0.1, 0.15) is 0 Å². The number of aliphatic hydroxyl groups is 5. The van der Waals surface area contributed by atoms with Crippen molar-refractivity contribution in [3.8, 4) is 0 Å². The Labute approximate surface area is 758 Å². The number of unbranched alkanes of at least 4 members (excludes halogenated alkanes) is 1. The van der Waals surface area contributed by atoms with Crippen LogP contribution < -0.4 is 16.0 Å². The van der Waals surface area contributed by atoms with E-state index in [4.69, 9.17) is 117 Å². The van der Waals surface area contributed by atoms with Crippen LogP contribution >= 0.6 is 134 Å². The van der Waals surface area contributed by atoms with Gasteiger partial charge in [-0.25, -0.2) is 24.0 Å². The summed E-state index contributed by atoms with van der Waals surface area (Å²) in [7, 11) is -54.0. The van der Waals surface area contributed by atoms with Gasteiger partial charge in [0.2, 0.25) is 0 Å². The van der Waals surface area contributed by atoms with Crippen molar-refractivity contribution in [2.24, 2.45) is 32.3 Å². The molecule has 0 aromatic heterocycles. The highest BCUT2D eigenvalue weighted by Gasteiger charge is 2.64. The highest BCUT2D eigenvalue weighted by Crippen LogP contribution is 2.73. The lowest BCUT2D eigenvalue weighted by atomic mass is 9.78. The van der Waals surface area contributed by atoms with Gasteiger partial charge in [0.25, 0.3) is 25.4 Å². The predicted octanol–water partition coefficient (Wildman–Crippen LogP) is 3.05. The van der Waals surface area contributed by atoms with Gasteiger partial charge >= 0.3 is 106 Å². The lowest BCUT2D eigenvalue weighted by molar-refractivity contribution is 0.0867. The van der Waals surface area contributed by atoms with Crippen LogP contribution in [0, 0.1) is 30.5 Å². The summed E-state index contributed by atoms with van der Waals surface area (Å²) in [6.45, 7) is -0.109. The van der Waals surface area contributed by atoms with Crippen molar-refractivity contribution < 1.29 is 193 Å². The van der Waals surface area contributed by atoms with Crippen LogP contribution in [0.4, 0.5) is 24.0 Å². The molecular formula is C53H109Cl5N16O45P10. The van der Waals surface area contributed by atoms with E-state index in [1.165, 1.54) is 11.9 Å². The van der Waals surface area contributed by atoms with E-state index in [2.05, 4.69) is 42.4 Å². The molecule has 756 valence electrons. The van der Waals surface area contributed by atoms with Crippen LogP contribution in [-0.4, -0.2) is 344 Å². The molecule has 0 radical (unpaired) electrons. The third-order valence-corrected chi connectivity index (χ3v) is 40.8. The van der Waals surface area contributed by atoms with E-state index >= 15 is 0 Å². The Balaban J connectivity index is 0.00000159. The molecule has 0 aromatic carbocycles. The van der Waals surface area contributed by atoms with Crippen molar-refractivity contribution >= 4 is 164 Å². The molecule has 61 nitrogen and oxygen atoms in total. The number of amides is 10. The van der Waals surface area contributed by atoms with E-state index in [0.717, 1.165) is 11.3 Å². The number of hydrogen-bond acceptors (Lipinski definition) is 31. The number of urea groups is 5. The second kappa shape index (κ2) is 53.3. The van der Waals surface area contributed by atoms with Gasteiger partial charge in [-0.05, 0) is 83.0 Å². The van der Waals surface area contributed by atoms with E-state index < -0.39 is 187 Å². The Hall–Kier alpha value is -2.94. The molecule has 129 heavy (non-hydrogen) atoms. The van der Waals surface area contributed by atoms with Crippen LogP contribution in [0.1, 0.15) is 141 Å². The molecule has 1 aliphatic heterocycles. The van der Waals surface area contributed by atoms with Gasteiger partial charge < -0.3 is 149 Å². The smallest absolute Gasteiger partial charge is 0.368 e. The summed E-state index contributed by atoms with van der Waals surface area (Å²) in [5.74, 6) is -0.493. The standard InChI is InChI=1S/C12H24ClN3O9P2.2C11H22ClN3O9P2.C10H21ClN4O9P2.C9H20ClN3O9P2/c13-8-9-16(15-19)10(17)14-11(4-2-1-3-5-11)6-7-12(18,26(20,21)22)27(23,24)25;12-6-7-15(14-18)10(16)13-9-3-1-2-8(9)4-5-11(17,25(19,20)21)26(22,23)24;12-7-8-15(14-18)9(16)13-10(3-1-2-4-10)5-6-11(17,25(19,20)21)26(22,23)24;11-2-4-15(12-18)9(16)14-7-5-13(6-8-14)3-1-10(17,25(19,20)21)26(22,23)24;1-12(8(14)13(11-16)7-5-10)6-3-2-4-9(15,23(17,18)19)24(20,21)22/h18H,1-9H2,(H,14,17)(H2,20,21,22)(H2,23,24,25);8-9,17H,1-7H2,(H,13,16)(H2,19,20,21)(H2,22,23,24);17H,1-8H2,(H,13,16)(H2,19,20,21)(H2,22,23,24);17H,1-8H2,(H2,19,20,21)(H2,22,23,24);15H,2-7H2,1H3,(H2,17,18,19)(H2,20,21,22). The number of alkyl halides is 5. The minimum absolute atomic E-state index is 0.00840. The number of nitroso groups, excluding NO2 is 5. The van der Waals surface area contributed by atoms with Crippen molar-refractivity contribution in [2.75, 3.05) is 108 Å². The maximum absolute atomic E-state index is 12.2. The summed E-state index contributed by atoms with van der Waals surface area (Å²) >= 11 is 27.3. The van der Waals surface area contributed by atoms with Crippen LogP contribution in [-0.2, 0) is 45.7 Å². The monoisotopic (exact) mass is 2170 g/mol. The Morgan fingerprint density at radius 3 is 0.992 bits per heavy atom. The fourth-order valence-corrected chi connectivity index (χ4v) is 24.7. The molecule has 76 heteroatoms. The normalized spacial score (nSPS) is 17.5. The molecule has 3 aliphatic carbocycles. The van der Waals surface area contributed by atoms with Crippen LogP contribution in [0.2, 0.25) is 0 Å². The highest BCUT2D eigenvalue weighted by atomic mass is 35.5. The Kier molecular flexibility index (Phi) is 52.1. The minimum atomic E-state index is -5.59. The lowest BCUT2D eigenvalue weighted by Crippen LogP contribution is -2.54. The van der Waals surface area contributed by atoms with Gasteiger partial charge in [0.05, 0.1) is 59.2 Å². The largest absolute Gasteiger partial charge is 0.369 e. The Bertz CT molecular complexity index is 4080. The number of carbonyl (C=O) groups excluding carboxylic acids is 5. The molecule has 2 atom stereocenters. The molecule has 1 saturated heterocycles. The fourth-order valence-electron chi connectivity index (χ4n) is 13.0. The third-order valence-electron chi connectivity index (χ3n) is 20.6. The van der Waals surface area contributed by atoms with Gasteiger partial charge in [-0.15, -0.1) is 82.5 Å². The predicted molar refractivity (Wildman–Crippen MR) is 453 cm³/mol. The maximum Gasteiger partial charge on any atom is 0.369 e. The molecule has 0 bridgehead atoms.